The molecule has 4 rings (SSSR count). The Balaban J connectivity index is 1.56. The molecule has 144 valence electrons. The van der Waals surface area contributed by atoms with Gasteiger partial charge in [-0.25, -0.2) is 0 Å². The van der Waals surface area contributed by atoms with Gasteiger partial charge in [0.2, 0.25) is 5.95 Å². The molecule has 0 saturated carbocycles. The molecule has 0 saturated heterocycles. The van der Waals surface area contributed by atoms with Crippen LogP contribution in [0.2, 0.25) is 5.02 Å². The molecule has 2 heterocycles. The van der Waals surface area contributed by atoms with Gasteiger partial charge in [-0.2, -0.15) is 10.1 Å². The average molecular weight is 398 g/mol. The molecule has 0 amide bonds. The highest BCUT2D eigenvalue weighted by Gasteiger charge is 2.21. The number of ether oxygens (including phenoxy) is 2. The van der Waals surface area contributed by atoms with Gasteiger partial charge in [-0.05, 0) is 47.9 Å². The van der Waals surface area contributed by atoms with E-state index in [1.807, 2.05) is 30.3 Å². The van der Waals surface area contributed by atoms with E-state index in [0.29, 0.717) is 17.5 Å². The molecule has 0 bridgehead atoms. The SMILES string of the molecule is COc1cc2c(cc1OC)CN(c1cnnc(Nc3cccc(Cl)c3)n1)CC2. The van der Waals surface area contributed by atoms with Crippen LogP contribution in [-0.2, 0) is 13.0 Å². The van der Waals surface area contributed by atoms with Crippen molar-refractivity contribution in [1.29, 1.82) is 0 Å². The topological polar surface area (TPSA) is 72.4 Å². The number of nitrogens with zero attached hydrogens (tertiary/aromatic N) is 4. The molecule has 8 heteroatoms. The van der Waals surface area contributed by atoms with Crippen molar-refractivity contribution in [2.75, 3.05) is 31.0 Å². The first-order valence-electron chi connectivity index (χ1n) is 8.87. The second-order valence-electron chi connectivity index (χ2n) is 6.42. The van der Waals surface area contributed by atoms with Crippen LogP contribution in [0.5, 0.6) is 11.5 Å². The molecular formula is C20H20ClN5O2. The summed E-state index contributed by atoms with van der Waals surface area (Å²) in [6, 6.07) is 11.5. The van der Waals surface area contributed by atoms with Gasteiger partial charge in [0.25, 0.3) is 0 Å². The minimum Gasteiger partial charge on any atom is -0.493 e. The third kappa shape index (κ3) is 3.80. The first-order chi connectivity index (χ1) is 13.7. The minimum atomic E-state index is 0.429. The lowest BCUT2D eigenvalue weighted by atomic mass is 9.99. The third-order valence-corrected chi connectivity index (χ3v) is 4.90. The van der Waals surface area contributed by atoms with Crippen molar-refractivity contribution >= 4 is 29.1 Å². The highest BCUT2D eigenvalue weighted by Crippen LogP contribution is 2.34. The monoisotopic (exact) mass is 397 g/mol. The number of hydrogen-bond donors (Lipinski definition) is 1. The summed E-state index contributed by atoms with van der Waals surface area (Å²) in [5.41, 5.74) is 3.26. The summed E-state index contributed by atoms with van der Waals surface area (Å²) in [6.07, 6.45) is 2.56. The number of fused-ring (bicyclic) bond motifs is 1. The normalized spacial score (nSPS) is 13.0. The zero-order valence-corrected chi connectivity index (χ0v) is 16.4. The molecule has 1 N–H and O–H groups in total. The summed E-state index contributed by atoms with van der Waals surface area (Å²) in [4.78, 5) is 6.79. The summed E-state index contributed by atoms with van der Waals surface area (Å²) in [7, 11) is 3.30. The highest BCUT2D eigenvalue weighted by atomic mass is 35.5. The van der Waals surface area contributed by atoms with Gasteiger partial charge in [-0.1, -0.05) is 17.7 Å². The molecule has 0 atom stereocenters. The van der Waals surface area contributed by atoms with Gasteiger partial charge < -0.3 is 19.7 Å². The van der Waals surface area contributed by atoms with E-state index in [1.54, 1.807) is 20.4 Å². The Kier molecular flexibility index (Phi) is 5.16. The van der Waals surface area contributed by atoms with Gasteiger partial charge in [0.15, 0.2) is 17.3 Å². The maximum absolute atomic E-state index is 6.03. The van der Waals surface area contributed by atoms with Gasteiger partial charge in [-0.15, -0.1) is 5.10 Å². The Bertz CT molecular complexity index is 998. The fraction of sp³-hybridized carbons (Fsp3) is 0.250. The van der Waals surface area contributed by atoms with Crippen LogP contribution in [0.25, 0.3) is 0 Å². The Morgan fingerprint density at radius 3 is 2.61 bits per heavy atom. The van der Waals surface area contributed by atoms with Gasteiger partial charge in [0, 0.05) is 23.8 Å². The van der Waals surface area contributed by atoms with Crippen LogP contribution in [0.4, 0.5) is 17.5 Å². The molecule has 0 aliphatic carbocycles. The molecular weight excluding hydrogens is 378 g/mol. The summed E-state index contributed by atoms with van der Waals surface area (Å²) >= 11 is 6.03. The zero-order valence-electron chi connectivity index (χ0n) is 15.6. The number of anilines is 3. The van der Waals surface area contributed by atoms with Crippen LogP contribution in [0.15, 0.2) is 42.6 Å². The summed E-state index contributed by atoms with van der Waals surface area (Å²) in [6.45, 7) is 1.54. The van der Waals surface area contributed by atoms with Crippen LogP contribution in [0.1, 0.15) is 11.1 Å². The van der Waals surface area contributed by atoms with Gasteiger partial charge in [0.1, 0.15) is 0 Å². The Labute approximate surface area is 168 Å². The molecule has 1 aliphatic rings. The molecule has 0 spiro atoms. The van der Waals surface area contributed by atoms with E-state index in [1.165, 1.54) is 11.1 Å². The predicted molar refractivity (Wildman–Crippen MR) is 109 cm³/mol. The zero-order chi connectivity index (χ0) is 19.5. The van der Waals surface area contributed by atoms with Crippen molar-refractivity contribution in [2.45, 2.75) is 13.0 Å². The molecule has 0 radical (unpaired) electrons. The van der Waals surface area contributed by atoms with Crippen LogP contribution in [0.3, 0.4) is 0 Å². The van der Waals surface area contributed by atoms with Gasteiger partial charge in [0.05, 0.1) is 20.4 Å². The van der Waals surface area contributed by atoms with E-state index < -0.39 is 0 Å². The molecule has 0 unspecified atom stereocenters. The smallest absolute Gasteiger partial charge is 0.249 e. The lowest BCUT2D eigenvalue weighted by Gasteiger charge is -2.30. The molecule has 0 fully saturated rings. The van der Waals surface area contributed by atoms with E-state index in [2.05, 4.69) is 31.5 Å². The molecule has 1 aliphatic heterocycles. The van der Waals surface area contributed by atoms with Crippen molar-refractivity contribution in [3.8, 4) is 11.5 Å². The largest absolute Gasteiger partial charge is 0.493 e. The Hall–Kier alpha value is -3.06. The van der Waals surface area contributed by atoms with Crippen LogP contribution in [-0.4, -0.2) is 35.9 Å². The lowest BCUT2D eigenvalue weighted by molar-refractivity contribution is 0.353. The maximum Gasteiger partial charge on any atom is 0.249 e. The number of aromatic nitrogens is 3. The minimum absolute atomic E-state index is 0.429. The lowest BCUT2D eigenvalue weighted by Crippen LogP contribution is -2.31. The number of benzene rings is 2. The van der Waals surface area contributed by atoms with Gasteiger partial charge in [-0.3, -0.25) is 0 Å². The predicted octanol–water partition coefficient (Wildman–Crippen LogP) is 3.85. The van der Waals surface area contributed by atoms with Crippen molar-refractivity contribution in [3.05, 3.63) is 58.7 Å². The first-order valence-corrected chi connectivity index (χ1v) is 9.25. The second kappa shape index (κ2) is 7.90. The Morgan fingerprint density at radius 2 is 1.86 bits per heavy atom. The van der Waals surface area contributed by atoms with Crippen molar-refractivity contribution in [3.63, 3.8) is 0 Å². The van der Waals surface area contributed by atoms with Gasteiger partial charge >= 0.3 is 0 Å². The quantitative estimate of drug-likeness (QED) is 0.701. The van der Waals surface area contributed by atoms with Crippen LogP contribution in [0, 0.1) is 0 Å². The van der Waals surface area contributed by atoms with E-state index in [9.17, 15) is 0 Å². The summed E-state index contributed by atoms with van der Waals surface area (Å²) in [5.74, 6) is 2.68. The van der Waals surface area contributed by atoms with E-state index >= 15 is 0 Å². The van der Waals surface area contributed by atoms with Crippen LogP contribution >= 0.6 is 11.6 Å². The molecule has 2 aromatic carbocycles. The fourth-order valence-electron chi connectivity index (χ4n) is 3.27. The van der Waals surface area contributed by atoms with Crippen molar-refractivity contribution in [1.82, 2.24) is 15.2 Å². The fourth-order valence-corrected chi connectivity index (χ4v) is 3.46. The standard InChI is InChI=1S/C20H20ClN5O2/c1-27-17-8-13-6-7-26(12-14(13)9-18(17)28-2)19-11-22-25-20(24-19)23-16-5-3-4-15(21)10-16/h3-5,8-11H,6-7,12H2,1-2H3,(H,23,24,25). The summed E-state index contributed by atoms with van der Waals surface area (Å²) in [5, 5.41) is 12.0. The number of rotatable bonds is 5. The summed E-state index contributed by atoms with van der Waals surface area (Å²) < 4.78 is 10.8. The van der Waals surface area contributed by atoms with E-state index in [0.717, 1.165) is 36.0 Å². The van der Waals surface area contributed by atoms with Crippen molar-refractivity contribution < 1.29 is 9.47 Å². The third-order valence-electron chi connectivity index (χ3n) is 4.67. The number of nitrogens with one attached hydrogen (secondary N) is 1. The second-order valence-corrected chi connectivity index (χ2v) is 6.86. The Morgan fingerprint density at radius 1 is 1.07 bits per heavy atom. The number of hydrogen-bond acceptors (Lipinski definition) is 7. The highest BCUT2D eigenvalue weighted by molar-refractivity contribution is 6.30. The molecule has 1 aromatic heterocycles. The average Bonchev–Trinajstić information content (AvgIpc) is 2.72. The van der Waals surface area contributed by atoms with Crippen molar-refractivity contribution in [2.24, 2.45) is 0 Å². The molecule has 28 heavy (non-hydrogen) atoms. The number of halogens is 1. The van der Waals surface area contributed by atoms with Crippen LogP contribution < -0.4 is 19.7 Å². The number of methoxy groups -OCH3 is 2. The molecule has 7 nitrogen and oxygen atoms in total. The van der Waals surface area contributed by atoms with E-state index in [-0.39, 0.29) is 0 Å². The molecule has 3 aromatic rings. The van der Waals surface area contributed by atoms with E-state index in [4.69, 9.17) is 21.1 Å². The first kappa shape index (κ1) is 18.3. The maximum atomic E-state index is 6.03.